The summed E-state index contributed by atoms with van der Waals surface area (Å²) in [7, 11) is -2.64. The summed E-state index contributed by atoms with van der Waals surface area (Å²) in [5, 5.41) is 0. The molecule has 0 amide bonds. The minimum atomic E-state index is -2.64. The first kappa shape index (κ1) is 8.82. The van der Waals surface area contributed by atoms with Crippen LogP contribution in [0.4, 0.5) is 0 Å². The van der Waals surface area contributed by atoms with Crippen molar-refractivity contribution in [1.29, 1.82) is 0 Å². The van der Waals surface area contributed by atoms with Gasteiger partial charge in [-0.3, -0.25) is 4.57 Å². The third-order valence-electron chi connectivity index (χ3n) is 0.876. The Kier molecular flexibility index (Phi) is 3.70. The van der Waals surface area contributed by atoms with E-state index in [9.17, 15) is 9.36 Å². The van der Waals surface area contributed by atoms with Crippen LogP contribution in [-0.4, -0.2) is 19.1 Å². The number of nitrogens with two attached hydrogens (primary N) is 1. The van der Waals surface area contributed by atoms with Gasteiger partial charge in [-0.15, -0.1) is 0 Å². The predicted octanol–water partition coefficient (Wildman–Crippen LogP) is 0.374. The van der Waals surface area contributed by atoms with Gasteiger partial charge in [0.15, 0.2) is 0 Å². The Morgan fingerprint density at radius 3 is 2.67 bits per heavy atom. The highest BCUT2D eigenvalue weighted by Gasteiger charge is 2.12. The lowest BCUT2D eigenvalue weighted by Gasteiger charge is -2.05. The van der Waals surface area contributed by atoms with E-state index in [1.165, 1.54) is 6.66 Å². The summed E-state index contributed by atoms with van der Waals surface area (Å²) in [5.41, 5.74) is 0. The van der Waals surface area contributed by atoms with Crippen LogP contribution in [0.3, 0.4) is 0 Å². The van der Waals surface area contributed by atoms with Gasteiger partial charge in [-0.25, -0.2) is 10.5 Å². The van der Waals surface area contributed by atoms with Crippen LogP contribution in [0, 0.1) is 0 Å². The van der Waals surface area contributed by atoms with Crippen molar-refractivity contribution >= 4 is 13.7 Å². The minimum Gasteiger partial charge on any atom is -0.303 e. The second kappa shape index (κ2) is 3.77. The number of carbonyl (C=O) groups is 1. The second-order valence-corrected chi connectivity index (χ2v) is 4.48. The highest BCUT2D eigenvalue weighted by molar-refractivity contribution is 7.58. The van der Waals surface area contributed by atoms with E-state index < -0.39 is 7.37 Å². The number of hydrogen-bond donors (Lipinski definition) is 1. The molecule has 0 fully saturated rings. The maximum atomic E-state index is 10.8. The Labute approximate surface area is 53.8 Å². The Balaban J connectivity index is 3.58. The van der Waals surface area contributed by atoms with Crippen LogP contribution in [0.5, 0.6) is 0 Å². The molecule has 5 heteroatoms. The number of rotatable bonds is 4. The van der Waals surface area contributed by atoms with Gasteiger partial charge in [-0.05, 0) is 0 Å². The molecular formula is C4H10NO3P. The van der Waals surface area contributed by atoms with E-state index in [2.05, 4.69) is 10.5 Å². The van der Waals surface area contributed by atoms with Gasteiger partial charge in [0.25, 0.3) is 0 Å². The predicted molar refractivity (Wildman–Crippen MR) is 34.4 cm³/mol. The van der Waals surface area contributed by atoms with Gasteiger partial charge in [0.05, 0.1) is 0 Å². The molecule has 54 valence electrons. The molecule has 0 heterocycles. The highest BCUT2D eigenvalue weighted by Crippen LogP contribution is 2.40. The van der Waals surface area contributed by atoms with Crippen molar-refractivity contribution in [3.05, 3.63) is 0 Å². The molecule has 1 atom stereocenters. The van der Waals surface area contributed by atoms with Crippen molar-refractivity contribution in [3.63, 3.8) is 0 Å². The smallest absolute Gasteiger partial charge is 0.217 e. The maximum Gasteiger partial charge on any atom is 0.217 e. The van der Waals surface area contributed by atoms with Crippen molar-refractivity contribution in [2.75, 3.05) is 12.8 Å². The normalized spacial score (nSPS) is 16.7. The molecule has 0 aliphatic carbocycles. The molecule has 0 aromatic carbocycles. The summed E-state index contributed by atoms with van der Waals surface area (Å²) in [6.45, 7) is 1.40. The molecule has 0 radical (unpaired) electrons. The van der Waals surface area contributed by atoms with Gasteiger partial charge in [0.1, 0.15) is 6.29 Å². The monoisotopic (exact) mass is 151 g/mol. The molecule has 9 heavy (non-hydrogen) atoms. The van der Waals surface area contributed by atoms with E-state index in [4.69, 9.17) is 0 Å². The molecule has 0 aromatic rings. The average molecular weight is 151 g/mol. The second-order valence-electron chi connectivity index (χ2n) is 1.80. The molecule has 4 nitrogen and oxygen atoms in total. The Bertz CT molecular complexity index is 136. The van der Waals surface area contributed by atoms with Gasteiger partial charge in [-0.1, -0.05) is 0 Å². The minimum absolute atomic E-state index is 0.229. The van der Waals surface area contributed by atoms with Gasteiger partial charge in [-0.2, -0.15) is 0 Å². The van der Waals surface area contributed by atoms with Crippen LogP contribution >= 0.6 is 7.37 Å². The van der Waals surface area contributed by atoms with Crippen LogP contribution < -0.4 is 5.90 Å². The van der Waals surface area contributed by atoms with Crippen molar-refractivity contribution in [3.8, 4) is 0 Å². The Morgan fingerprint density at radius 1 is 1.78 bits per heavy atom. The van der Waals surface area contributed by atoms with Crippen molar-refractivity contribution < 1.29 is 14.0 Å². The summed E-state index contributed by atoms with van der Waals surface area (Å²) in [4.78, 5) is 9.75. The van der Waals surface area contributed by atoms with Gasteiger partial charge >= 0.3 is 0 Å². The molecule has 0 bridgehead atoms. The SMILES string of the molecule is C[P@@](=O)(CCC=O)ON. The van der Waals surface area contributed by atoms with Crippen LogP contribution in [0.15, 0.2) is 0 Å². The molecule has 0 rings (SSSR count). The van der Waals surface area contributed by atoms with Crippen LogP contribution in [0.1, 0.15) is 6.42 Å². The molecule has 0 aliphatic heterocycles. The third kappa shape index (κ3) is 4.33. The Hall–Kier alpha value is -0.180. The van der Waals surface area contributed by atoms with Gasteiger partial charge in [0, 0.05) is 19.2 Å². The van der Waals surface area contributed by atoms with Gasteiger partial charge < -0.3 is 4.79 Å². The van der Waals surface area contributed by atoms with E-state index in [1.54, 1.807) is 0 Å². The zero-order valence-electron chi connectivity index (χ0n) is 5.24. The Morgan fingerprint density at radius 2 is 2.33 bits per heavy atom. The fourth-order valence-electron chi connectivity index (χ4n) is 0.340. The lowest BCUT2D eigenvalue weighted by atomic mass is 10.6. The van der Waals surface area contributed by atoms with Crippen LogP contribution in [-0.2, 0) is 14.0 Å². The van der Waals surface area contributed by atoms with Gasteiger partial charge in [0.2, 0.25) is 7.37 Å². The third-order valence-corrected chi connectivity index (χ3v) is 2.39. The zero-order valence-corrected chi connectivity index (χ0v) is 6.14. The summed E-state index contributed by atoms with van der Waals surface area (Å²) in [5.74, 6) is 4.67. The summed E-state index contributed by atoms with van der Waals surface area (Å²) in [6.07, 6.45) is 1.16. The highest BCUT2D eigenvalue weighted by atomic mass is 31.2. The lowest BCUT2D eigenvalue weighted by Crippen LogP contribution is -1.99. The molecule has 0 saturated heterocycles. The van der Waals surface area contributed by atoms with Crippen molar-refractivity contribution in [2.45, 2.75) is 6.42 Å². The first-order valence-electron chi connectivity index (χ1n) is 2.51. The quantitative estimate of drug-likeness (QED) is 0.358. The van der Waals surface area contributed by atoms with E-state index in [0.717, 1.165) is 0 Å². The molecule has 0 aliphatic rings. The fraction of sp³-hybridized carbons (Fsp3) is 0.750. The molecule has 0 aromatic heterocycles. The van der Waals surface area contributed by atoms with Crippen LogP contribution in [0.2, 0.25) is 0 Å². The maximum absolute atomic E-state index is 10.8. The zero-order chi connectivity index (χ0) is 7.33. The van der Waals surface area contributed by atoms with Crippen LogP contribution in [0.25, 0.3) is 0 Å². The molecule has 0 saturated carbocycles. The van der Waals surface area contributed by atoms with Crippen molar-refractivity contribution in [1.82, 2.24) is 0 Å². The number of aldehydes is 1. The molecule has 0 spiro atoms. The van der Waals surface area contributed by atoms with Crippen molar-refractivity contribution in [2.24, 2.45) is 5.90 Å². The van der Waals surface area contributed by atoms with E-state index in [1.807, 2.05) is 0 Å². The standard InChI is InChI=1S/C4H10NO3P/c1-9(7,8-5)4-2-3-6/h3H,2,4-5H2,1H3/t9-/m0/s1. The van der Waals surface area contributed by atoms with E-state index in [-0.39, 0.29) is 12.6 Å². The molecular weight excluding hydrogens is 141 g/mol. The molecule has 2 N–H and O–H groups in total. The number of hydrogen-bond acceptors (Lipinski definition) is 4. The van der Waals surface area contributed by atoms with E-state index in [0.29, 0.717) is 6.29 Å². The number of carbonyl (C=O) groups excluding carboxylic acids is 1. The lowest BCUT2D eigenvalue weighted by molar-refractivity contribution is -0.107. The van der Waals surface area contributed by atoms with E-state index >= 15 is 0 Å². The summed E-state index contributed by atoms with van der Waals surface area (Å²) in [6, 6.07) is 0. The average Bonchev–Trinajstić information content (AvgIpc) is 1.84. The summed E-state index contributed by atoms with van der Waals surface area (Å²) < 4.78 is 15.0. The first-order chi connectivity index (χ1) is 4.12. The fourth-order valence-corrected chi connectivity index (χ4v) is 1.02. The first-order valence-corrected chi connectivity index (χ1v) is 4.77. The summed E-state index contributed by atoms with van der Waals surface area (Å²) >= 11 is 0. The molecule has 0 unspecified atom stereocenters. The largest absolute Gasteiger partial charge is 0.303 e. The topological polar surface area (TPSA) is 69.4 Å².